The van der Waals surface area contributed by atoms with Crippen molar-refractivity contribution in [1.29, 1.82) is 0 Å². The maximum absolute atomic E-state index is 12.4. The molecule has 1 aliphatic rings. The van der Waals surface area contributed by atoms with Crippen LogP contribution >= 0.6 is 0 Å². The van der Waals surface area contributed by atoms with E-state index in [4.69, 9.17) is 4.74 Å². The Morgan fingerprint density at radius 1 is 1.30 bits per heavy atom. The van der Waals surface area contributed by atoms with Crippen LogP contribution in [0, 0.1) is 16.0 Å². The molecule has 0 saturated carbocycles. The molecule has 0 aromatic heterocycles. The number of nitro groups is 1. The number of carbonyl (C=O) groups is 3. The van der Waals surface area contributed by atoms with Crippen molar-refractivity contribution in [3.05, 3.63) is 39.9 Å². The minimum absolute atomic E-state index is 0.0442. The number of hydrogen-bond acceptors (Lipinski definition) is 6. The SMILES string of the molecule is CCOC(=O)CNC(=O)C1CCN(C(=O)Cc2cccc([N+](=O)[O-])c2)CC1. The summed E-state index contributed by atoms with van der Waals surface area (Å²) >= 11 is 0. The molecule has 1 heterocycles. The van der Waals surface area contributed by atoms with Crippen LogP contribution in [0.15, 0.2) is 24.3 Å². The van der Waals surface area contributed by atoms with E-state index in [-0.39, 0.29) is 43.0 Å². The molecular formula is C18H23N3O6. The predicted molar refractivity (Wildman–Crippen MR) is 95.7 cm³/mol. The molecule has 1 N–H and O–H groups in total. The molecule has 9 nitrogen and oxygen atoms in total. The molecule has 0 bridgehead atoms. The van der Waals surface area contributed by atoms with Gasteiger partial charge in [-0.3, -0.25) is 24.5 Å². The van der Waals surface area contributed by atoms with Crippen molar-refractivity contribution in [2.75, 3.05) is 26.2 Å². The number of carbonyl (C=O) groups excluding carboxylic acids is 3. The Morgan fingerprint density at radius 3 is 2.63 bits per heavy atom. The van der Waals surface area contributed by atoms with Crippen molar-refractivity contribution in [3.63, 3.8) is 0 Å². The van der Waals surface area contributed by atoms with Gasteiger partial charge in [0.25, 0.3) is 5.69 Å². The van der Waals surface area contributed by atoms with Crippen molar-refractivity contribution in [1.82, 2.24) is 10.2 Å². The average Bonchev–Trinajstić information content (AvgIpc) is 2.66. The van der Waals surface area contributed by atoms with Gasteiger partial charge in [0.2, 0.25) is 11.8 Å². The normalized spacial score (nSPS) is 14.5. The number of ether oxygens (including phenoxy) is 1. The van der Waals surface area contributed by atoms with Crippen molar-refractivity contribution in [2.24, 2.45) is 5.92 Å². The number of piperidine rings is 1. The Hall–Kier alpha value is -2.97. The highest BCUT2D eigenvalue weighted by atomic mass is 16.6. The molecule has 1 saturated heterocycles. The van der Waals surface area contributed by atoms with Gasteiger partial charge in [0.15, 0.2) is 0 Å². The Kier molecular flexibility index (Phi) is 7.27. The number of nitrogens with zero attached hydrogens (tertiary/aromatic N) is 2. The number of hydrogen-bond donors (Lipinski definition) is 1. The minimum atomic E-state index is -0.492. The van der Waals surface area contributed by atoms with Gasteiger partial charge in [-0.1, -0.05) is 12.1 Å². The number of amides is 2. The van der Waals surface area contributed by atoms with E-state index in [9.17, 15) is 24.5 Å². The molecule has 0 unspecified atom stereocenters. The van der Waals surface area contributed by atoms with Crippen molar-refractivity contribution in [3.8, 4) is 0 Å². The summed E-state index contributed by atoms with van der Waals surface area (Å²) in [4.78, 5) is 47.8. The first-order valence-corrected chi connectivity index (χ1v) is 8.85. The zero-order valence-corrected chi connectivity index (χ0v) is 15.2. The molecule has 1 fully saturated rings. The standard InChI is InChI=1S/C18H23N3O6/c1-2-27-17(23)12-19-18(24)14-6-8-20(9-7-14)16(22)11-13-4-3-5-15(10-13)21(25)26/h3-5,10,14H,2,6-9,11-12H2,1H3,(H,19,24). The Balaban J connectivity index is 1.80. The quantitative estimate of drug-likeness (QED) is 0.431. The number of rotatable bonds is 7. The first-order valence-electron chi connectivity index (χ1n) is 8.85. The van der Waals surface area contributed by atoms with Crippen LogP contribution < -0.4 is 5.32 Å². The summed E-state index contributed by atoms with van der Waals surface area (Å²) in [6.07, 6.45) is 1.10. The average molecular weight is 377 g/mol. The number of esters is 1. The van der Waals surface area contributed by atoms with E-state index in [1.165, 1.54) is 12.1 Å². The van der Waals surface area contributed by atoms with Crippen LogP contribution in [-0.4, -0.2) is 53.8 Å². The molecule has 0 aliphatic carbocycles. The smallest absolute Gasteiger partial charge is 0.325 e. The summed E-state index contributed by atoms with van der Waals surface area (Å²) in [6, 6.07) is 6.02. The van der Waals surface area contributed by atoms with Crippen molar-refractivity contribution in [2.45, 2.75) is 26.2 Å². The molecule has 1 aliphatic heterocycles. The van der Waals surface area contributed by atoms with E-state index >= 15 is 0 Å². The highest BCUT2D eigenvalue weighted by Crippen LogP contribution is 2.19. The van der Waals surface area contributed by atoms with Gasteiger partial charge in [-0.15, -0.1) is 0 Å². The summed E-state index contributed by atoms with van der Waals surface area (Å²) in [5.41, 5.74) is 0.542. The van der Waals surface area contributed by atoms with E-state index in [0.29, 0.717) is 31.5 Å². The molecule has 0 atom stereocenters. The van der Waals surface area contributed by atoms with Crippen LogP contribution in [0.3, 0.4) is 0 Å². The van der Waals surface area contributed by atoms with E-state index in [1.807, 2.05) is 0 Å². The summed E-state index contributed by atoms with van der Waals surface area (Å²) in [6.45, 7) is 2.68. The lowest BCUT2D eigenvalue weighted by atomic mass is 9.95. The van der Waals surface area contributed by atoms with E-state index in [1.54, 1.807) is 24.0 Å². The van der Waals surface area contributed by atoms with Gasteiger partial charge in [-0.05, 0) is 25.3 Å². The number of likely N-dealkylation sites (tertiary alicyclic amines) is 1. The fraction of sp³-hybridized carbons (Fsp3) is 0.500. The van der Waals surface area contributed by atoms with Gasteiger partial charge in [0.1, 0.15) is 6.54 Å². The molecule has 1 aromatic carbocycles. The van der Waals surface area contributed by atoms with Gasteiger partial charge < -0.3 is 15.0 Å². The van der Waals surface area contributed by atoms with Gasteiger partial charge >= 0.3 is 5.97 Å². The summed E-state index contributed by atoms with van der Waals surface area (Å²) in [5, 5.41) is 13.4. The molecule has 0 spiro atoms. The molecule has 27 heavy (non-hydrogen) atoms. The van der Waals surface area contributed by atoms with E-state index in [2.05, 4.69) is 5.32 Å². The Bertz CT molecular complexity index is 713. The van der Waals surface area contributed by atoms with Crippen LogP contribution in [-0.2, 0) is 25.5 Å². The van der Waals surface area contributed by atoms with Crippen LogP contribution in [0.5, 0.6) is 0 Å². The molecule has 1 aromatic rings. The molecule has 2 rings (SSSR count). The zero-order valence-electron chi connectivity index (χ0n) is 15.2. The van der Waals surface area contributed by atoms with Crippen LogP contribution in [0.1, 0.15) is 25.3 Å². The summed E-state index contributed by atoms with van der Waals surface area (Å²) in [5.74, 6) is -1.06. The van der Waals surface area contributed by atoms with Crippen LogP contribution in [0.25, 0.3) is 0 Å². The second-order valence-corrected chi connectivity index (χ2v) is 6.28. The molecule has 0 radical (unpaired) electrons. The first kappa shape index (κ1) is 20.3. The molecule has 2 amide bonds. The Morgan fingerprint density at radius 2 is 2.00 bits per heavy atom. The number of benzene rings is 1. The highest BCUT2D eigenvalue weighted by molar-refractivity contribution is 5.84. The summed E-state index contributed by atoms with van der Waals surface area (Å²) in [7, 11) is 0. The number of non-ortho nitro benzene ring substituents is 1. The minimum Gasteiger partial charge on any atom is -0.465 e. The largest absolute Gasteiger partial charge is 0.465 e. The third-order valence-electron chi connectivity index (χ3n) is 4.41. The lowest BCUT2D eigenvalue weighted by Crippen LogP contribution is -2.44. The molecule has 9 heteroatoms. The fourth-order valence-electron chi connectivity index (χ4n) is 2.97. The second-order valence-electron chi connectivity index (χ2n) is 6.28. The topological polar surface area (TPSA) is 119 Å². The van der Waals surface area contributed by atoms with Crippen molar-refractivity contribution < 1.29 is 24.0 Å². The highest BCUT2D eigenvalue weighted by Gasteiger charge is 2.27. The third-order valence-corrected chi connectivity index (χ3v) is 4.41. The molecular weight excluding hydrogens is 354 g/mol. The molecule has 146 valence electrons. The van der Waals surface area contributed by atoms with Crippen LogP contribution in [0.4, 0.5) is 5.69 Å². The van der Waals surface area contributed by atoms with Crippen LogP contribution in [0.2, 0.25) is 0 Å². The third kappa shape index (κ3) is 6.05. The zero-order chi connectivity index (χ0) is 19.8. The summed E-state index contributed by atoms with van der Waals surface area (Å²) < 4.78 is 4.76. The number of nitrogens with one attached hydrogen (secondary N) is 1. The maximum atomic E-state index is 12.4. The number of nitro benzene ring substituents is 1. The van der Waals surface area contributed by atoms with E-state index in [0.717, 1.165) is 0 Å². The lowest BCUT2D eigenvalue weighted by Gasteiger charge is -2.31. The van der Waals surface area contributed by atoms with E-state index < -0.39 is 10.9 Å². The lowest BCUT2D eigenvalue weighted by molar-refractivity contribution is -0.384. The Labute approximate surface area is 156 Å². The van der Waals surface area contributed by atoms with Gasteiger partial charge in [-0.2, -0.15) is 0 Å². The maximum Gasteiger partial charge on any atom is 0.325 e. The predicted octanol–water partition coefficient (Wildman–Crippen LogP) is 1.06. The fourth-order valence-corrected chi connectivity index (χ4v) is 2.97. The van der Waals surface area contributed by atoms with Gasteiger partial charge in [0, 0.05) is 31.1 Å². The van der Waals surface area contributed by atoms with Gasteiger partial charge in [-0.25, -0.2) is 0 Å². The van der Waals surface area contributed by atoms with Gasteiger partial charge in [0.05, 0.1) is 18.0 Å². The second kappa shape index (κ2) is 9.65. The van der Waals surface area contributed by atoms with Crippen molar-refractivity contribution >= 4 is 23.5 Å². The first-order chi connectivity index (χ1) is 12.9. The monoisotopic (exact) mass is 377 g/mol.